The summed E-state index contributed by atoms with van der Waals surface area (Å²) in [4.78, 5) is 22.7. The van der Waals surface area contributed by atoms with Gasteiger partial charge in [0.05, 0.1) is 22.6 Å². The molecule has 0 unspecified atom stereocenters. The Morgan fingerprint density at radius 1 is 1.11 bits per heavy atom. The first-order valence-electron chi connectivity index (χ1n) is 11.2. The maximum atomic E-state index is 12.9. The first kappa shape index (κ1) is 25.1. The lowest BCUT2D eigenvalue weighted by Gasteiger charge is -2.38. The molecule has 0 radical (unpaired) electrons. The van der Waals surface area contributed by atoms with E-state index in [1.807, 2.05) is 0 Å². The number of carbonyl (C=O) groups excluding carboxylic acids is 1. The minimum atomic E-state index is -4.04. The molecule has 10 nitrogen and oxygen atoms in total. The summed E-state index contributed by atoms with van der Waals surface area (Å²) in [5, 5.41) is 10.6. The van der Waals surface area contributed by atoms with Gasteiger partial charge in [-0.1, -0.05) is 19.1 Å². The summed E-state index contributed by atoms with van der Waals surface area (Å²) >= 11 is 0. The average Bonchev–Trinajstić information content (AvgIpc) is 2.83. The van der Waals surface area contributed by atoms with E-state index in [2.05, 4.69) is 14.4 Å². The van der Waals surface area contributed by atoms with Crippen molar-refractivity contribution in [2.24, 2.45) is 4.40 Å². The first-order chi connectivity index (χ1) is 16.5. The van der Waals surface area contributed by atoms with Crippen molar-refractivity contribution in [2.75, 3.05) is 24.6 Å². The van der Waals surface area contributed by atoms with Gasteiger partial charge in [0.25, 0.3) is 15.9 Å². The van der Waals surface area contributed by atoms with Crippen molar-refractivity contribution in [1.29, 1.82) is 0 Å². The van der Waals surface area contributed by atoms with Crippen molar-refractivity contribution in [3.8, 4) is 0 Å². The third kappa shape index (κ3) is 5.65. The van der Waals surface area contributed by atoms with Crippen molar-refractivity contribution in [2.45, 2.75) is 36.7 Å². The highest BCUT2D eigenvalue weighted by atomic mass is 32.2. The molecule has 1 aliphatic heterocycles. The fourth-order valence-corrected chi connectivity index (χ4v) is 6.61. The Morgan fingerprint density at radius 2 is 1.83 bits per heavy atom. The summed E-state index contributed by atoms with van der Waals surface area (Å²) in [6, 6.07) is 4.67. The zero-order valence-corrected chi connectivity index (χ0v) is 20.8. The van der Waals surface area contributed by atoms with Crippen LogP contribution in [0.25, 0.3) is 11.0 Å². The Kier molecular flexibility index (Phi) is 6.89. The van der Waals surface area contributed by atoms with Crippen LogP contribution in [0.4, 0.5) is 0 Å². The van der Waals surface area contributed by atoms with Gasteiger partial charge in [0.15, 0.2) is 9.84 Å². The van der Waals surface area contributed by atoms with Crippen LogP contribution in [0.5, 0.6) is 0 Å². The third-order valence-electron chi connectivity index (χ3n) is 6.12. The van der Waals surface area contributed by atoms with Crippen LogP contribution >= 0.6 is 0 Å². The molecule has 0 bridgehead atoms. The number of piperidine rings is 1. The second-order valence-electron chi connectivity index (χ2n) is 8.63. The van der Waals surface area contributed by atoms with Gasteiger partial charge in [-0.2, -0.15) is 12.8 Å². The number of benzene rings is 1. The molecule has 2 heterocycles. The number of amides is 1. The third-order valence-corrected chi connectivity index (χ3v) is 9.34. The molecule has 1 N–H and O–H groups in total. The number of carbonyl (C=O) groups is 1. The van der Waals surface area contributed by atoms with Crippen molar-refractivity contribution in [1.82, 2.24) is 14.9 Å². The SMILES string of the molecule is CCS(=O)(=O)CC1(O)CCN(C(=O)C2=CCC(=NS(=O)(=O)c3cccc4nccnc34)C=C2)CC1. The Morgan fingerprint density at radius 3 is 2.49 bits per heavy atom. The van der Waals surface area contributed by atoms with Crippen LogP contribution in [0.15, 0.2) is 63.7 Å². The molecule has 1 saturated heterocycles. The molecule has 0 saturated carbocycles. The van der Waals surface area contributed by atoms with Gasteiger partial charge in [-0.05, 0) is 37.1 Å². The molecule has 1 amide bonds. The second-order valence-corrected chi connectivity index (χ2v) is 12.6. The van der Waals surface area contributed by atoms with E-state index < -0.39 is 25.5 Å². The van der Waals surface area contributed by atoms with E-state index in [0.29, 0.717) is 11.1 Å². The van der Waals surface area contributed by atoms with Gasteiger partial charge in [0, 0.05) is 43.2 Å². The number of hydrogen-bond acceptors (Lipinski definition) is 8. The normalized spacial score (nSPS) is 19.7. The molecule has 1 aromatic heterocycles. The fourth-order valence-electron chi connectivity index (χ4n) is 4.11. The van der Waals surface area contributed by atoms with E-state index >= 15 is 0 Å². The largest absolute Gasteiger partial charge is 0.389 e. The first-order valence-corrected chi connectivity index (χ1v) is 14.4. The average molecular weight is 519 g/mol. The highest BCUT2D eigenvalue weighted by Crippen LogP contribution is 2.26. The summed E-state index contributed by atoms with van der Waals surface area (Å²) in [6.07, 6.45) is 8.03. The number of aliphatic hydroxyl groups is 1. The molecule has 1 aromatic carbocycles. The molecule has 0 atom stereocenters. The molecule has 1 aliphatic carbocycles. The standard InChI is InChI=1S/C23H26N4O6S2/c1-2-34(30,31)16-23(29)10-14-27(15-11-23)22(28)17-6-8-18(9-7-17)26-35(32,33)20-5-3-4-19-21(20)25-13-12-24-19/h3-8,12-13,29H,2,9-11,14-16H2,1H3. The summed E-state index contributed by atoms with van der Waals surface area (Å²) < 4.78 is 53.5. The number of likely N-dealkylation sites (tertiary alicyclic amines) is 1. The van der Waals surface area contributed by atoms with E-state index in [0.717, 1.165) is 0 Å². The van der Waals surface area contributed by atoms with Crippen LogP contribution in [0.3, 0.4) is 0 Å². The van der Waals surface area contributed by atoms with Crippen LogP contribution in [0.2, 0.25) is 0 Å². The molecular weight excluding hydrogens is 492 g/mol. The number of rotatable bonds is 6. The lowest BCUT2D eigenvalue weighted by molar-refractivity contribution is -0.130. The zero-order valence-electron chi connectivity index (χ0n) is 19.2. The lowest BCUT2D eigenvalue weighted by atomic mass is 9.93. The molecule has 35 heavy (non-hydrogen) atoms. The van der Waals surface area contributed by atoms with Gasteiger partial charge in [-0.25, -0.2) is 8.42 Å². The monoisotopic (exact) mass is 518 g/mol. The predicted octanol–water partition coefficient (Wildman–Crippen LogP) is 1.43. The zero-order chi connectivity index (χ0) is 25.3. The Balaban J connectivity index is 1.43. The number of allylic oxidation sites excluding steroid dienone is 2. The van der Waals surface area contributed by atoms with Crippen LogP contribution in [0, 0.1) is 0 Å². The lowest BCUT2D eigenvalue weighted by Crippen LogP contribution is -2.50. The van der Waals surface area contributed by atoms with E-state index in [1.54, 1.807) is 23.1 Å². The predicted molar refractivity (Wildman–Crippen MR) is 131 cm³/mol. The smallest absolute Gasteiger partial charge is 0.284 e. The molecule has 186 valence electrons. The van der Waals surface area contributed by atoms with Gasteiger partial charge >= 0.3 is 0 Å². The molecule has 0 spiro atoms. The highest BCUT2D eigenvalue weighted by molar-refractivity contribution is 7.91. The number of sulfonamides is 1. The van der Waals surface area contributed by atoms with Crippen LogP contribution < -0.4 is 0 Å². The number of hydrogen-bond donors (Lipinski definition) is 1. The number of para-hydroxylation sites is 1. The molecule has 1 fully saturated rings. The Labute approximate surface area is 204 Å². The summed E-state index contributed by atoms with van der Waals surface area (Å²) in [5.41, 5.74) is 0.0239. The maximum Gasteiger partial charge on any atom is 0.284 e. The molecule has 2 aromatic rings. The van der Waals surface area contributed by atoms with Gasteiger partial charge in [0.2, 0.25) is 0 Å². The van der Waals surface area contributed by atoms with E-state index in [-0.39, 0.29) is 65.9 Å². The maximum absolute atomic E-state index is 12.9. The Bertz CT molecular complexity index is 1450. The quantitative estimate of drug-likeness (QED) is 0.604. The number of aromatic nitrogens is 2. The number of nitrogens with zero attached hydrogens (tertiary/aromatic N) is 4. The molecule has 12 heteroatoms. The van der Waals surface area contributed by atoms with Crippen LogP contribution in [-0.4, -0.2) is 78.6 Å². The van der Waals surface area contributed by atoms with Crippen molar-refractivity contribution >= 4 is 42.5 Å². The number of sulfone groups is 1. The highest BCUT2D eigenvalue weighted by Gasteiger charge is 2.37. The van der Waals surface area contributed by atoms with Crippen molar-refractivity contribution in [3.63, 3.8) is 0 Å². The van der Waals surface area contributed by atoms with E-state index in [1.165, 1.54) is 37.5 Å². The summed E-state index contributed by atoms with van der Waals surface area (Å²) in [6.45, 7) is 2.01. The van der Waals surface area contributed by atoms with E-state index in [9.17, 15) is 26.7 Å². The number of fused-ring (bicyclic) bond motifs is 1. The van der Waals surface area contributed by atoms with Crippen LogP contribution in [0.1, 0.15) is 26.2 Å². The summed E-state index contributed by atoms with van der Waals surface area (Å²) in [7, 11) is -7.38. The van der Waals surface area contributed by atoms with Gasteiger partial charge in [-0.3, -0.25) is 14.8 Å². The van der Waals surface area contributed by atoms with E-state index in [4.69, 9.17) is 0 Å². The molecule has 2 aliphatic rings. The summed E-state index contributed by atoms with van der Waals surface area (Å²) in [5.74, 6) is -0.603. The fraction of sp³-hybridized carbons (Fsp3) is 0.391. The van der Waals surface area contributed by atoms with Crippen molar-refractivity contribution < 1.29 is 26.7 Å². The van der Waals surface area contributed by atoms with Gasteiger partial charge in [0.1, 0.15) is 10.4 Å². The van der Waals surface area contributed by atoms with Gasteiger partial charge < -0.3 is 10.0 Å². The minimum absolute atomic E-state index is 0.0386. The van der Waals surface area contributed by atoms with Crippen molar-refractivity contribution in [3.05, 3.63) is 54.4 Å². The second kappa shape index (κ2) is 9.59. The molecule has 4 rings (SSSR count). The minimum Gasteiger partial charge on any atom is -0.389 e. The van der Waals surface area contributed by atoms with Gasteiger partial charge in [-0.15, -0.1) is 0 Å². The topological polar surface area (TPSA) is 147 Å². The Hall–Kier alpha value is -2.96. The molecular formula is C23H26N4O6S2. The van der Waals surface area contributed by atoms with Crippen LogP contribution in [-0.2, 0) is 24.7 Å².